The Kier molecular flexibility index (Phi) is 16.6. The zero-order valence-electron chi connectivity index (χ0n) is 31.3. The van der Waals surface area contributed by atoms with E-state index in [2.05, 4.69) is 51.8 Å². The molecule has 0 radical (unpaired) electrons. The van der Waals surface area contributed by atoms with E-state index < -0.39 is 23.8 Å². The fourth-order valence-electron chi connectivity index (χ4n) is 8.21. The van der Waals surface area contributed by atoms with E-state index in [-0.39, 0.29) is 77.5 Å². The van der Waals surface area contributed by atoms with Crippen LogP contribution in [-0.2, 0) is 28.7 Å². The van der Waals surface area contributed by atoms with Gasteiger partial charge in [-0.3, -0.25) is 19.2 Å². The molecule has 0 amide bonds. The number of ketones is 3. The summed E-state index contributed by atoms with van der Waals surface area (Å²) in [6.07, 6.45) is 3.97. The monoisotopic (exact) mass is 649 g/mol. The lowest BCUT2D eigenvalue weighted by molar-refractivity contribution is -0.156. The largest absolute Gasteiger partial charge is 0.462 e. The second-order valence-corrected chi connectivity index (χ2v) is 15.6. The third-order valence-corrected chi connectivity index (χ3v) is 12.0. The van der Waals surface area contributed by atoms with Crippen LogP contribution in [0.1, 0.15) is 107 Å². The molecule has 0 aromatic rings. The van der Waals surface area contributed by atoms with Crippen LogP contribution in [0.5, 0.6) is 0 Å². The molecule has 10 unspecified atom stereocenters. The van der Waals surface area contributed by atoms with Crippen LogP contribution in [0.15, 0.2) is 0 Å². The number of nitrogens with zero attached hydrogens (tertiary/aromatic N) is 1. The molecule has 0 heterocycles. The van der Waals surface area contributed by atoms with E-state index >= 15 is 0 Å². The summed E-state index contributed by atoms with van der Waals surface area (Å²) in [5, 5.41) is 3.43. The SMILES string of the molecule is CCC(=O)OC1C(C)CCCC(C)C(=O)C(C)C2CC(=O)C(NCCN(C)C)C(C[C@@H](C)CC(OC)[C@H](C)[C@@H](C)C(C)C1C)C2=O. The summed E-state index contributed by atoms with van der Waals surface area (Å²) in [4.78, 5) is 56.3. The first-order chi connectivity index (χ1) is 21.5. The second-order valence-electron chi connectivity index (χ2n) is 15.6. The van der Waals surface area contributed by atoms with Crippen LogP contribution in [-0.4, -0.2) is 80.8 Å². The Bertz CT molecular complexity index is 1000. The Balaban J connectivity index is 2.48. The molecule has 0 aromatic carbocycles. The summed E-state index contributed by atoms with van der Waals surface area (Å²) in [6.45, 7) is 20.4. The van der Waals surface area contributed by atoms with Crippen molar-refractivity contribution >= 4 is 23.3 Å². The lowest BCUT2D eigenvalue weighted by Gasteiger charge is -2.40. The van der Waals surface area contributed by atoms with E-state index in [1.807, 2.05) is 34.9 Å². The van der Waals surface area contributed by atoms with Crippen LogP contribution in [0, 0.1) is 59.2 Å². The number of carbonyl (C=O) groups excluding carboxylic acids is 4. The van der Waals surface area contributed by atoms with Gasteiger partial charge in [0.15, 0.2) is 5.78 Å². The minimum absolute atomic E-state index is 0.0255. The van der Waals surface area contributed by atoms with Crippen molar-refractivity contribution < 1.29 is 28.7 Å². The molecular formula is C38H68N2O6. The van der Waals surface area contributed by atoms with Crippen molar-refractivity contribution in [2.24, 2.45) is 59.2 Å². The molecule has 8 nitrogen and oxygen atoms in total. The fraction of sp³-hybridized carbons (Fsp3) is 0.895. The number of nitrogens with one attached hydrogen (secondary N) is 1. The van der Waals surface area contributed by atoms with Crippen LogP contribution >= 0.6 is 0 Å². The number of methoxy groups -OCH3 is 1. The van der Waals surface area contributed by atoms with E-state index in [4.69, 9.17) is 9.47 Å². The highest BCUT2D eigenvalue weighted by Crippen LogP contribution is 2.39. The maximum atomic E-state index is 14.2. The highest BCUT2D eigenvalue weighted by molar-refractivity contribution is 6.02. The van der Waals surface area contributed by atoms with Crippen LogP contribution in [0.3, 0.4) is 0 Å². The van der Waals surface area contributed by atoms with Gasteiger partial charge in [0.25, 0.3) is 0 Å². The first-order valence-electron chi connectivity index (χ1n) is 18.3. The van der Waals surface area contributed by atoms with Gasteiger partial charge in [0, 0.05) is 56.7 Å². The van der Waals surface area contributed by atoms with Gasteiger partial charge < -0.3 is 19.7 Å². The zero-order valence-corrected chi connectivity index (χ0v) is 31.3. The van der Waals surface area contributed by atoms with E-state index in [1.165, 1.54) is 0 Å². The summed E-state index contributed by atoms with van der Waals surface area (Å²) in [6, 6.07) is -0.526. The van der Waals surface area contributed by atoms with Gasteiger partial charge in [-0.25, -0.2) is 0 Å². The Morgan fingerprint density at radius 3 is 2.07 bits per heavy atom. The number of Topliss-reactive ketones (excluding diaryl/α,β-unsaturated/α-hetero) is 3. The van der Waals surface area contributed by atoms with Crippen molar-refractivity contribution in [1.82, 2.24) is 10.2 Å². The molecule has 0 saturated heterocycles. The molecule has 2 saturated carbocycles. The quantitative estimate of drug-likeness (QED) is 0.324. The minimum atomic E-state index is -0.579. The van der Waals surface area contributed by atoms with Gasteiger partial charge >= 0.3 is 5.97 Å². The third kappa shape index (κ3) is 10.7. The number of carbonyl (C=O) groups is 4. The second kappa shape index (κ2) is 18.8. The van der Waals surface area contributed by atoms with Gasteiger partial charge in [-0.15, -0.1) is 0 Å². The lowest BCUT2D eigenvalue weighted by Crippen LogP contribution is -2.55. The molecular weight excluding hydrogens is 580 g/mol. The smallest absolute Gasteiger partial charge is 0.305 e. The van der Waals surface area contributed by atoms with Crippen molar-refractivity contribution in [3.63, 3.8) is 0 Å². The normalized spacial score (nSPS) is 39.4. The molecule has 2 aliphatic carbocycles. The summed E-state index contributed by atoms with van der Waals surface area (Å²) in [7, 11) is 5.76. The number of ether oxygens (including phenoxy) is 2. The van der Waals surface area contributed by atoms with Crippen LogP contribution in [0.25, 0.3) is 0 Å². The van der Waals surface area contributed by atoms with E-state index in [0.717, 1.165) is 25.8 Å². The molecule has 13 atom stereocenters. The van der Waals surface area contributed by atoms with E-state index in [1.54, 1.807) is 7.11 Å². The number of rotatable bonds is 7. The van der Waals surface area contributed by atoms with Crippen LogP contribution < -0.4 is 5.32 Å². The van der Waals surface area contributed by atoms with Crippen molar-refractivity contribution in [2.75, 3.05) is 34.3 Å². The van der Waals surface area contributed by atoms with Crippen molar-refractivity contribution in [3.8, 4) is 0 Å². The molecule has 2 rings (SSSR count). The Hall–Kier alpha value is -1.64. The average molecular weight is 649 g/mol. The molecule has 46 heavy (non-hydrogen) atoms. The molecule has 2 aliphatic rings. The highest BCUT2D eigenvalue weighted by atomic mass is 16.5. The van der Waals surface area contributed by atoms with Gasteiger partial charge in [0.2, 0.25) is 0 Å². The predicted molar refractivity (Wildman–Crippen MR) is 184 cm³/mol. The van der Waals surface area contributed by atoms with E-state index in [0.29, 0.717) is 31.7 Å². The Morgan fingerprint density at radius 1 is 0.848 bits per heavy atom. The van der Waals surface area contributed by atoms with Gasteiger partial charge in [0.05, 0.1) is 12.1 Å². The Labute approximate surface area is 280 Å². The van der Waals surface area contributed by atoms with Gasteiger partial charge in [-0.2, -0.15) is 0 Å². The standard InChI is InChI=1S/C38H68N2O6/c1-13-34(42)46-38-24(4)16-14-15-23(3)36(43)29(9)30-21-32(41)35(39-17-18-40(10)11)31(37(30)44)19-22(2)20-33(45-12)27(7)25(5)26(6)28(38)8/h22-31,33,35,38-39H,13-21H2,1-12H3/t22-,23?,24?,25+,26?,27-,28?,29?,30?,31?,33?,35?,38?/m1/s1. The van der Waals surface area contributed by atoms with E-state index in [9.17, 15) is 19.2 Å². The van der Waals surface area contributed by atoms with Crippen LogP contribution in [0.2, 0.25) is 0 Å². The average Bonchev–Trinajstić information content (AvgIpc) is 3.02. The highest BCUT2D eigenvalue weighted by Gasteiger charge is 2.47. The van der Waals surface area contributed by atoms with Crippen molar-refractivity contribution in [3.05, 3.63) is 0 Å². The van der Waals surface area contributed by atoms with Gasteiger partial charge in [-0.1, -0.05) is 68.7 Å². The van der Waals surface area contributed by atoms with Crippen molar-refractivity contribution in [1.29, 1.82) is 0 Å². The predicted octanol–water partition coefficient (Wildman–Crippen LogP) is 6.24. The molecule has 0 aliphatic heterocycles. The number of hydrogen-bond donors (Lipinski definition) is 1. The molecule has 0 spiro atoms. The lowest BCUT2D eigenvalue weighted by atomic mass is 9.66. The molecule has 1 N–H and O–H groups in total. The summed E-state index contributed by atoms with van der Waals surface area (Å²) in [5.41, 5.74) is 0. The number of esters is 1. The summed E-state index contributed by atoms with van der Waals surface area (Å²) in [5.74, 6) is -0.518. The molecule has 8 heteroatoms. The number of likely N-dealkylation sites (N-methyl/N-ethyl adjacent to an activating group) is 1. The number of fused-ring (bicyclic) bond motifs is 2. The maximum Gasteiger partial charge on any atom is 0.305 e. The van der Waals surface area contributed by atoms with Gasteiger partial charge in [0.1, 0.15) is 17.7 Å². The third-order valence-electron chi connectivity index (χ3n) is 12.0. The zero-order chi connectivity index (χ0) is 34.9. The summed E-state index contributed by atoms with van der Waals surface area (Å²) >= 11 is 0. The molecule has 2 bridgehead atoms. The maximum absolute atomic E-state index is 14.2. The fourth-order valence-corrected chi connectivity index (χ4v) is 8.21. The first kappa shape index (κ1) is 40.5. The van der Waals surface area contributed by atoms with Crippen LogP contribution in [0.4, 0.5) is 0 Å². The molecule has 2 fully saturated rings. The first-order valence-corrected chi connectivity index (χ1v) is 18.3. The Morgan fingerprint density at radius 2 is 1.48 bits per heavy atom. The minimum Gasteiger partial charge on any atom is -0.462 e. The van der Waals surface area contributed by atoms with Gasteiger partial charge in [-0.05, 0) is 75.3 Å². The topological polar surface area (TPSA) is 102 Å². The van der Waals surface area contributed by atoms with Crippen molar-refractivity contribution in [2.45, 2.75) is 126 Å². The molecule has 266 valence electrons. The number of hydrogen-bond acceptors (Lipinski definition) is 8. The molecule has 0 aromatic heterocycles. The summed E-state index contributed by atoms with van der Waals surface area (Å²) < 4.78 is 12.2.